The van der Waals surface area contributed by atoms with Crippen molar-refractivity contribution in [3.63, 3.8) is 0 Å². The molecule has 0 bridgehead atoms. The smallest absolute Gasteiger partial charge is 0.266 e. The van der Waals surface area contributed by atoms with Gasteiger partial charge in [0.2, 0.25) is 0 Å². The largest absolute Gasteiger partial charge is 0.320 e. The number of aryl methyl sites for hydroxylation is 1. The zero-order valence-corrected chi connectivity index (χ0v) is 13.4. The summed E-state index contributed by atoms with van der Waals surface area (Å²) >= 11 is 0. The lowest BCUT2D eigenvalue weighted by molar-refractivity contribution is 1.16. The van der Waals surface area contributed by atoms with Gasteiger partial charge in [-0.1, -0.05) is 6.07 Å². The molecule has 1 aliphatic carbocycles. The first kappa shape index (κ1) is 14.9. The summed E-state index contributed by atoms with van der Waals surface area (Å²) in [6.45, 7) is 1.87. The van der Waals surface area contributed by atoms with Gasteiger partial charge < -0.3 is 4.98 Å². The molecule has 3 aromatic rings. The van der Waals surface area contributed by atoms with Crippen LogP contribution >= 0.6 is 0 Å². The Bertz CT molecular complexity index is 1180. The second-order valence-electron chi connectivity index (χ2n) is 6.02. The van der Waals surface area contributed by atoms with Gasteiger partial charge in [0.1, 0.15) is 11.6 Å². The zero-order chi connectivity index (χ0) is 17.6. The summed E-state index contributed by atoms with van der Waals surface area (Å²) in [6, 6.07) is 13.3. The van der Waals surface area contributed by atoms with Crippen LogP contribution < -0.4 is 5.56 Å². The average Bonchev–Trinajstić information content (AvgIpc) is 2.97. The van der Waals surface area contributed by atoms with E-state index in [0.717, 1.165) is 27.9 Å². The first-order valence-electron chi connectivity index (χ1n) is 7.78. The van der Waals surface area contributed by atoms with Crippen molar-refractivity contribution in [2.75, 3.05) is 0 Å². The fraction of sp³-hybridized carbons (Fsp3) is 0.100. The van der Waals surface area contributed by atoms with Crippen LogP contribution in [0.25, 0.3) is 22.4 Å². The molecule has 25 heavy (non-hydrogen) atoms. The summed E-state index contributed by atoms with van der Waals surface area (Å²) in [5, 5.41) is 18.7. The lowest BCUT2D eigenvalue weighted by Crippen LogP contribution is -2.14. The third kappa shape index (κ3) is 2.22. The standard InChI is InChI=1S/C20H12N4O/c1-11-6-14(4-5-23-11)18-16-8-13-3-2-12(9-21)7-15(13)19(16)24-20(25)17(18)10-22/h2-7H,8H2,1H3,(H,24,25). The summed E-state index contributed by atoms with van der Waals surface area (Å²) in [6.07, 6.45) is 2.29. The summed E-state index contributed by atoms with van der Waals surface area (Å²) in [7, 11) is 0. The molecule has 0 atom stereocenters. The Morgan fingerprint density at radius 2 is 2.00 bits per heavy atom. The van der Waals surface area contributed by atoms with Gasteiger partial charge >= 0.3 is 0 Å². The highest BCUT2D eigenvalue weighted by Crippen LogP contribution is 2.41. The van der Waals surface area contributed by atoms with Crippen LogP contribution in [0.4, 0.5) is 0 Å². The Balaban J connectivity index is 2.07. The van der Waals surface area contributed by atoms with Crippen LogP contribution in [0.2, 0.25) is 0 Å². The maximum Gasteiger partial charge on any atom is 0.266 e. The van der Waals surface area contributed by atoms with Crippen molar-refractivity contribution in [3.8, 4) is 34.5 Å². The van der Waals surface area contributed by atoms with E-state index in [0.29, 0.717) is 23.2 Å². The number of nitrogens with one attached hydrogen (secondary N) is 1. The van der Waals surface area contributed by atoms with Gasteiger partial charge in [0.25, 0.3) is 5.56 Å². The van der Waals surface area contributed by atoms with Crippen molar-refractivity contribution < 1.29 is 0 Å². The number of hydrogen-bond acceptors (Lipinski definition) is 4. The number of nitrogens with zero attached hydrogens (tertiary/aromatic N) is 3. The van der Waals surface area contributed by atoms with Crippen LogP contribution in [-0.2, 0) is 6.42 Å². The molecule has 2 aromatic heterocycles. The topological polar surface area (TPSA) is 93.3 Å². The predicted molar refractivity (Wildman–Crippen MR) is 92.7 cm³/mol. The lowest BCUT2D eigenvalue weighted by Gasteiger charge is -2.11. The third-order valence-electron chi connectivity index (χ3n) is 4.49. The van der Waals surface area contributed by atoms with E-state index in [1.54, 1.807) is 18.3 Å². The Hall–Kier alpha value is -3.70. The molecule has 1 aliphatic rings. The maximum absolute atomic E-state index is 12.5. The van der Waals surface area contributed by atoms with Crippen molar-refractivity contribution in [2.24, 2.45) is 0 Å². The van der Waals surface area contributed by atoms with Crippen LogP contribution in [0.5, 0.6) is 0 Å². The van der Waals surface area contributed by atoms with Gasteiger partial charge in [0.05, 0.1) is 17.3 Å². The third-order valence-corrected chi connectivity index (χ3v) is 4.49. The first-order valence-corrected chi connectivity index (χ1v) is 7.78. The molecule has 5 heteroatoms. The molecule has 0 aliphatic heterocycles. The number of pyridine rings is 2. The molecule has 5 nitrogen and oxygen atoms in total. The quantitative estimate of drug-likeness (QED) is 0.582. The van der Waals surface area contributed by atoms with Crippen molar-refractivity contribution in [3.05, 3.63) is 74.8 Å². The van der Waals surface area contributed by atoms with Gasteiger partial charge in [-0.25, -0.2) is 0 Å². The molecule has 1 N–H and O–H groups in total. The zero-order valence-electron chi connectivity index (χ0n) is 13.4. The number of nitriles is 2. The fourth-order valence-electron chi connectivity index (χ4n) is 3.40. The first-order chi connectivity index (χ1) is 12.1. The second-order valence-corrected chi connectivity index (χ2v) is 6.02. The molecule has 1 aromatic carbocycles. The summed E-state index contributed by atoms with van der Waals surface area (Å²) < 4.78 is 0. The number of hydrogen-bond donors (Lipinski definition) is 1. The Kier molecular flexibility index (Phi) is 3.23. The van der Waals surface area contributed by atoms with Crippen molar-refractivity contribution in [1.82, 2.24) is 9.97 Å². The molecule has 0 saturated heterocycles. The van der Waals surface area contributed by atoms with Gasteiger partial charge in [-0.3, -0.25) is 9.78 Å². The van der Waals surface area contributed by atoms with E-state index in [1.807, 2.05) is 31.2 Å². The van der Waals surface area contributed by atoms with Crippen LogP contribution in [0.1, 0.15) is 27.9 Å². The molecular formula is C20H12N4O. The second kappa shape index (κ2) is 5.43. The lowest BCUT2D eigenvalue weighted by atomic mass is 9.95. The van der Waals surface area contributed by atoms with Crippen LogP contribution in [-0.4, -0.2) is 9.97 Å². The predicted octanol–water partition coefficient (Wildman–Crippen LogP) is 3.06. The SMILES string of the molecule is Cc1cc(-c2c3c([nH]c(=O)c2C#N)-c2cc(C#N)ccc2C3)ccn1. The van der Waals surface area contributed by atoms with E-state index < -0.39 is 5.56 Å². The number of aromatic nitrogens is 2. The molecule has 118 valence electrons. The summed E-state index contributed by atoms with van der Waals surface area (Å²) in [5.74, 6) is 0. The molecule has 0 fully saturated rings. The highest BCUT2D eigenvalue weighted by atomic mass is 16.1. The van der Waals surface area contributed by atoms with Crippen LogP contribution in [0.15, 0.2) is 41.3 Å². The van der Waals surface area contributed by atoms with Crippen LogP contribution in [0.3, 0.4) is 0 Å². The highest BCUT2D eigenvalue weighted by Gasteiger charge is 2.27. The number of aromatic amines is 1. The number of fused-ring (bicyclic) bond motifs is 3. The highest BCUT2D eigenvalue weighted by molar-refractivity contribution is 5.85. The van der Waals surface area contributed by atoms with Crippen molar-refractivity contribution >= 4 is 0 Å². The minimum Gasteiger partial charge on any atom is -0.320 e. The number of benzene rings is 1. The molecule has 0 unspecified atom stereocenters. The molecule has 4 rings (SSSR count). The van der Waals surface area contributed by atoms with E-state index in [1.165, 1.54) is 0 Å². The normalized spacial score (nSPS) is 11.3. The van der Waals surface area contributed by atoms with Gasteiger partial charge in [-0.15, -0.1) is 0 Å². The minimum absolute atomic E-state index is 0.109. The monoisotopic (exact) mass is 324 g/mol. The number of rotatable bonds is 1. The molecule has 0 radical (unpaired) electrons. The molecule has 2 heterocycles. The molecule has 0 amide bonds. The van der Waals surface area contributed by atoms with E-state index in [9.17, 15) is 10.1 Å². The average molecular weight is 324 g/mol. The Labute approximate surface area is 143 Å². The molecule has 0 saturated carbocycles. The van der Waals surface area contributed by atoms with Crippen molar-refractivity contribution in [1.29, 1.82) is 10.5 Å². The van der Waals surface area contributed by atoms with E-state index in [4.69, 9.17) is 5.26 Å². The number of H-pyrrole nitrogens is 1. The Morgan fingerprint density at radius 1 is 1.16 bits per heavy atom. The van der Waals surface area contributed by atoms with E-state index in [2.05, 4.69) is 16.0 Å². The Morgan fingerprint density at radius 3 is 2.72 bits per heavy atom. The van der Waals surface area contributed by atoms with Crippen molar-refractivity contribution in [2.45, 2.75) is 13.3 Å². The van der Waals surface area contributed by atoms with E-state index >= 15 is 0 Å². The summed E-state index contributed by atoms with van der Waals surface area (Å²) in [5.41, 5.74) is 6.00. The minimum atomic E-state index is -0.416. The van der Waals surface area contributed by atoms with Crippen LogP contribution in [0, 0.1) is 29.6 Å². The van der Waals surface area contributed by atoms with Gasteiger partial charge in [0, 0.05) is 29.4 Å². The van der Waals surface area contributed by atoms with E-state index in [-0.39, 0.29) is 5.56 Å². The van der Waals surface area contributed by atoms with Gasteiger partial charge in [-0.2, -0.15) is 10.5 Å². The fourth-order valence-corrected chi connectivity index (χ4v) is 3.40. The molecule has 0 spiro atoms. The molecular weight excluding hydrogens is 312 g/mol. The van der Waals surface area contributed by atoms with Gasteiger partial charge in [-0.05, 0) is 47.9 Å². The summed E-state index contributed by atoms with van der Waals surface area (Å²) in [4.78, 5) is 19.5. The maximum atomic E-state index is 12.5. The van der Waals surface area contributed by atoms with Gasteiger partial charge in [0.15, 0.2) is 0 Å².